The standard InChI is InChI=1S/C19H13ClN2OS2/c1-21-11-12(13-6-2-4-8-15(13)21)10-17-18(23)22(19(24)25-17)16-9-5-3-7-14(16)20/h2-11H,1H3. The van der Waals surface area contributed by atoms with Gasteiger partial charge in [0.15, 0.2) is 4.32 Å². The highest BCUT2D eigenvalue weighted by Crippen LogP contribution is 2.39. The maximum Gasteiger partial charge on any atom is 0.270 e. The third kappa shape index (κ3) is 2.78. The second-order valence-corrected chi connectivity index (χ2v) is 7.76. The number of rotatable bonds is 2. The molecule has 124 valence electrons. The molecular formula is C19H13ClN2OS2. The number of benzene rings is 2. The SMILES string of the molecule is Cn1cc(C=C2SC(=S)N(c3ccccc3Cl)C2=O)c2ccccc21. The Morgan fingerprint density at radius 3 is 2.64 bits per heavy atom. The highest BCUT2D eigenvalue weighted by Gasteiger charge is 2.34. The van der Waals surface area contributed by atoms with Gasteiger partial charge in [-0.1, -0.05) is 65.9 Å². The topological polar surface area (TPSA) is 25.2 Å². The van der Waals surface area contributed by atoms with Gasteiger partial charge in [-0.05, 0) is 24.3 Å². The van der Waals surface area contributed by atoms with Gasteiger partial charge in [0.05, 0.1) is 15.6 Å². The van der Waals surface area contributed by atoms with Gasteiger partial charge in [0, 0.05) is 29.7 Å². The van der Waals surface area contributed by atoms with Gasteiger partial charge >= 0.3 is 0 Å². The number of thiocarbonyl (C=S) groups is 1. The van der Waals surface area contributed by atoms with E-state index in [1.807, 2.05) is 43.6 Å². The predicted octanol–water partition coefficient (Wildman–Crippen LogP) is 5.24. The Labute approximate surface area is 159 Å². The smallest absolute Gasteiger partial charge is 0.270 e. The average molecular weight is 385 g/mol. The molecule has 0 aliphatic carbocycles. The summed E-state index contributed by atoms with van der Waals surface area (Å²) >= 11 is 13.0. The largest absolute Gasteiger partial charge is 0.350 e. The highest BCUT2D eigenvalue weighted by molar-refractivity contribution is 8.27. The maximum absolute atomic E-state index is 12.9. The zero-order chi connectivity index (χ0) is 17.6. The van der Waals surface area contributed by atoms with Crippen molar-refractivity contribution in [3.63, 3.8) is 0 Å². The Morgan fingerprint density at radius 2 is 1.84 bits per heavy atom. The lowest BCUT2D eigenvalue weighted by Gasteiger charge is -2.15. The molecule has 1 aromatic heterocycles. The summed E-state index contributed by atoms with van der Waals surface area (Å²) in [7, 11) is 1.99. The van der Waals surface area contributed by atoms with Gasteiger partial charge in [-0.3, -0.25) is 9.69 Å². The fourth-order valence-corrected chi connectivity index (χ4v) is 4.43. The molecule has 0 radical (unpaired) electrons. The second kappa shape index (κ2) is 6.33. The van der Waals surface area contributed by atoms with Crippen LogP contribution in [-0.2, 0) is 11.8 Å². The van der Waals surface area contributed by atoms with Crippen molar-refractivity contribution >= 4 is 68.5 Å². The molecule has 3 nitrogen and oxygen atoms in total. The molecule has 0 bridgehead atoms. The number of aryl methyl sites for hydroxylation is 1. The number of halogens is 1. The molecule has 1 aliphatic heterocycles. The van der Waals surface area contributed by atoms with Gasteiger partial charge < -0.3 is 4.57 Å². The molecule has 3 aromatic rings. The molecule has 0 atom stereocenters. The number of carbonyl (C=O) groups is 1. The van der Waals surface area contributed by atoms with Gasteiger partial charge in [0.25, 0.3) is 5.91 Å². The van der Waals surface area contributed by atoms with E-state index in [0.717, 1.165) is 16.5 Å². The number of carbonyl (C=O) groups excluding carboxylic acids is 1. The monoisotopic (exact) mass is 384 g/mol. The van der Waals surface area contributed by atoms with Crippen molar-refractivity contribution in [3.05, 3.63) is 70.2 Å². The summed E-state index contributed by atoms with van der Waals surface area (Å²) in [6.45, 7) is 0. The number of hydrogen-bond donors (Lipinski definition) is 0. The molecular weight excluding hydrogens is 372 g/mol. The second-order valence-electron chi connectivity index (χ2n) is 5.68. The lowest BCUT2D eigenvalue weighted by atomic mass is 10.1. The van der Waals surface area contributed by atoms with E-state index in [4.69, 9.17) is 23.8 Å². The van der Waals surface area contributed by atoms with E-state index in [1.165, 1.54) is 16.7 Å². The van der Waals surface area contributed by atoms with Crippen LogP contribution in [0.5, 0.6) is 0 Å². The number of nitrogens with zero attached hydrogens (tertiary/aromatic N) is 2. The average Bonchev–Trinajstić information content (AvgIpc) is 3.06. The molecule has 4 rings (SSSR count). The van der Waals surface area contributed by atoms with Crippen LogP contribution in [0.15, 0.2) is 59.6 Å². The molecule has 1 amide bonds. The van der Waals surface area contributed by atoms with Crippen LogP contribution in [0.1, 0.15) is 5.56 Å². The predicted molar refractivity (Wildman–Crippen MR) is 110 cm³/mol. The number of hydrogen-bond acceptors (Lipinski definition) is 3. The molecule has 0 N–H and O–H groups in total. The lowest BCUT2D eigenvalue weighted by Crippen LogP contribution is -2.27. The van der Waals surface area contributed by atoms with Crippen molar-refractivity contribution in [2.24, 2.45) is 7.05 Å². The Hall–Kier alpha value is -2.08. The minimum absolute atomic E-state index is 0.143. The first-order chi connectivity index (χ1) is 12.1. The van der Waals surface area contributed by atoms with Crippen LogP contribution < -0.4 is 4.90 Å². The minimum Gasteiger partial charge on any atom is -0.350 e. The van der Waals surface area contributed by atoms with E-state index >= 15 is 0 Å². The fraction of sp³-hybridized carbons (Fsp3) is 0.0526. The molecule has 1 aliphatic rings. The summed E-state index contributed by atoms with van der Waals surface area (Å²) in [5, 5.41) is 1.61. The number of anilines is 1. The van der Waals surface area contributed by atoms with E-state index in [2.05, 4.69) is 16.7 Å². The van der Waals surface area contributed by atoms with Crippen LogP contribution in [0.3, 0.4) is 0 Å². The van der Waals surface area contributed by atoms with E-state index in [9.17, 15) is 4.79 Å². The number of fused-ring (bicyclic) bond motifs is 1. The van der Waals surface area contributed by atoms with Crippen LogP contribution in [0.25, 0.3) is 17.0 Å². The first-order valence-corrected chi connectivity index (χ1v) is 9.23. The van der Waals surface area contributed by atoms with E-state index in [1.54, 1.807) is 12.1 Å². The summed E-state index contributed by atoms with van der Waals surface area (Å²) in [6, 6.07) is 15.3. The van der Waals surface area contributed by atoms with Crippen LogP contribution in [-0.4, -0.2) is 14.8 Å². The molecule has 0 unspecified atom stereocenters. The van der Waals surface area contributed by atoms with Crippen molar-refractivity contribution in [1.29, 1.82) is 0 Å². The molecule has 6 heteroatoms. The van der Waals surface area contributed by atoms with Crippen molar-refractivity contribution < 1.29 is 4.79 Å². The van der Waals surface area contributed by atoms with E-state index in [-0.39, 0.29) is 5.91 Å². The van der Waals surface area contributed by atoms with Crippen LogP contribution in [0, 0.1) is 0 Å². The van der Waals surface area contributed by atoms with Gasteiger partial charge in [-0.2, -0.15) is 0 Å². The van der Waals surface area contributed by atoms with Gasteiger partial charge in [-0.25, -0.2) is 0 Å². The van der Waals surface area contributed by atoms with Gasteiger partial charge in [0.2, 0.25) is 0 Å². The zero-order valence-electron chi connectivity index (χ0n) is 13.3. The number of aromatic nitrogens is 1. The van der Waals surface area contributed by atoms with Crippen LogP contribution in [0.2, 0.25) is 5.02 Å². The van der Waals surface area contributed by atoms with Crippen molar-refractivity contribution in [3.8, 4) is 0 Å². The molecule has 0 saturated carbocycles. The summed E-state index contributed by atoms with van der Waals surface area (Å²) in [5.74, 6) is -0.143. The van der Waals surface area contributed by atoms with Crippen molar-refractivity contribution in [2.45, 2.75) is 0 Å². The Balaban J connectivity index is 1.77. The maximum atomic E-state index is 12.9. The molecule has 0 spiro atoms. The third-order valence-electron chi connectivity index (χ3n) is 4.10. The number of amides is 1. The highest BCUT2D eigenvalue weighted by atomic mass is 35.5. The third-order valence-corrected chi connectivity index (χ3v) is 5.72. The van der Waals surface area contributed by atoms with Crippen molar-refractivity contribution in [1.82, 2.24) is 4.57 Å². The Kier molecular flexibility index (Phi) is 4.15. The van der Waals surface area contributed by atoms with Gasteiger partial charge in [-0.15, -0.1) is 0 Å². The van der Waals surface area contributed by atoms with E-state index in [0.29, 0.717) is 19.9 Å². The number of thioether (sulfide) groups is 1. The summed E-state index contributed by atoms with van der Waals surface area (Å²) in [4.78, 5) is 15.0. The summed E-state index contributed by atoms with van der Waals surface area (Å²) in [5.41, 5.74) is 2.74. The van der Waals surface area contributed by atoms with Gasteiger partial charge in [0.1, 0.15) is 0 Å². The fourth-order valence-electron chi connectivity index (χ4n) is 2.94. The molecule has 25 heavy (non-hydrogen) atoms. The first kappa shape index (κ1) is 16.4. The molecule has 1 fully saturated rings. The first-order valence-electron chi connectivity index (χ1n) is 7.63. The van der Waals surface area contributed by atoms with Crippen LogP contribution >= 0.6 is 35.6 Å². The molecule has 2 heterocycles. The Bertz CT molecular complexity index is 1050. The minimum atomic E-state index is -0.143. The normalized spacial score (nSPS) is 16.4. The summed E-state index contributed by atoms with van der Waals surface area (Å²) in [6.07, 6.45) is 3.92. The van der Waals surface area contributed by atoms with E-state index < -0.39 is 0 Å². The summed E-state index contributed by atoms with van der Waals surface area (Å²) < 4.78 is 2.54. The lowest BCUT2D eigenvalue weighted by molar-refractivity contribution is -0.113. The quantitative estimate of drug-likeness (QED) is 0.446. The zero-order valence-corrected chi connectivity index (χ0v) is 15.7. The molecule has 2 aromatic carbocycles. The molecule has 1 saturated heterocycles. The number of para-hydroxylation sites is 2. The Morgan fingerprint density at radius 1 is 1.12 bits per heavy atom. The van der Waals surface area contributed by atoms with Crippen LogP contribution in [0.4, 0.5) is 5.69 Å². The van der Waals surface area contributed by atoms with Crippen molar-refractivity contribution in [2.75, 3.05) is 4.90 Å².